The second-order valence-corrected chi connectivity index (χ2v) is 6.18. The summed E-state index contributed by atoms with van der Waals surface area (Å²) in [7, 11) is 1.62. The van der Waals surface area contributed by atoms with E-state index in [0.29, 0.717) is 29.8 Å². The summed E-state index contributed by atoms with van der Waals surface area (Å²) in [4.78, 5) is 28.4. The number of benzene rings is 2. The van der Waals surface area contributed by atoms with E-state index >= 15 is 0 Å². The molecule has 0 unspecified atom stereocenters. The highest BCUT2D eigenvalue weighted by Crippen LogP contribution is 2.17. The molecular formula is C22H21N3O3. The predicted octanol–water partition coefficient (Wildman–Crippen LogP) is 3.91. The van der Waals surface area contributed by atoms with Gasteiger partial charge in [-0.2, -0.15) is 0 Å². The molecule has 3 rings (SSSR count). The molecule has 0 radical (unpaired) electrons. The van der Waals surface area contributed by atoms with Gasteiger partial charge >= 0.3 is 0 Å². The lowest BCUT2D eigenvalue weighted by molar-refractivity contribution is -0.116. The van der Waals surface area contributed by atoms with Crippen LogP contribution in [0, 0.1) is 0 Å². The smallest absolute Gasteiger partial charge is 0.257 e. The Kier molecular flexibility index (Phi) is 6.36. The number of ether oxygens (including phenoxy) is 1. The quantitative estimate of drug-likeness (QED) is 0.656. The fourth-order valence-corrected chi connectivity index (χ4v) is 2.68. The monoisotopic (exact) mass is 375 g/mol. The van der Waals surface area contributed by atoms with Crippen LogP contribution in [0.25, 0.3) is 0 Å². The van der Waals surface area contributed by atoms with Gasteiger partial charge in [0.2, 0.25) is 5.91 Å². The van der Waals surface area contributed by atoms with Gasteiger partial charge in [0, 0.05) is 30.2 Å². The second-order valence-electron chi connectivity index (χ2n) is 6.18. The van der Waals surface area contributed by atoms with E-state index in [2.05, 4.69) is 15.6 Å². The van der Waals surface area contributed by atoms with E-state index in [0.717, 1.165) is 11.3 Å². The molecule has 0 atom stereocenters. The number of amides is 2. The van der Waals surface area contributed by atoms with Crippen LogP contribution in [0.15, 0.2) is 73.1 Å². The Morgan fingerprint density at radius 2 is 1.75 bits per heavy atom. The number of aromatic nitrogens is 1. The third-order valence-corrected chi connectivity index (χ3v) is 4.10. The number of nitrogens with zero attached hydrogens (tertiary/aromatic N) is 1. The SMILES string of the molecule is COc1cccc(CCC(=O)Nc2cccc(NC(=O)c3cccnc3)c2)c1. The number of aryl methyl sites for hydroxylation is 1. The Balaban J connectivity index is 1.56. The minimum Gasteiger partial charge on any atom is -0.497 e. The maximum atomic E-state index is 12.3. The van der Waals surface area contributed by atoms with Crippen LogP contribution in [-0.4, -0.2) is 23.9 Å². The highest BCUT2D eigenvalue weighted by Gasteiger charge is 2.08. The van der Waals surface area contributed by atoms with Crippen molar-refractivity contribution in [1.29, 1.82) is 0 Å². The molecule has 1 aromatic heterocycles. The lowest BCUT2D eigenvalue weighted by Crippen LogP contribution is -2.14. The molecule has 0 aliphatic heterocycles. The number of hydrogen-bond acceptors (Lipinski definition) is 4. The zero-order valence-corrected chi connectivity index (χ0v) is 15.5. The van der Waals surface area contributed by atoms with E-state index in [9.17, 15) is 9.59 Å². The average Bonchev–Trinajstić information content (AvgIpc) is 2.73. The van der Waals surface area contributed by atoms with Gasteiger partial charge in [-0.3, -0.25) is 14.6 Å². The van der Waals surface area contributed by atoms with Crippen LogP contribution in [0.4, 0.5) is 11.4 Å². The largest absolute Gasteiger partial charge is 0.497 e. The number of methoxy groups -OCH3 is 1. The highest BCUT2D eigenvalue weighted by molar-refractivity contribution is 6.04. The summed E-state index contributed by atoms with van der Waals surface area (Å²) >= 11 is 0. The molecule has 2 amide bonds. The van der Waals surface area contributed by atoms with Crippen LogP contribution < -0.4 is 15.4 Å². The van der Waals surface area contributed by atoms with Crippen LogP contribution in [-0.2, 0) is 11.2 Å². The predicted molar refractivity (Wildman–Crippen MR) is 109 cm³/mol. The summed E-state index contributed by atoms with van der Waals surface area (Å²) in [5, 5.41) is 5.66. The molecule has 6 heteroatoms. The molecule has 142 valence electrons. The number of anilines is 2. The molecule has 0 fully saturated rings. The standard InChI is InChI=1S/C22H21N3O3/c1-28-20-9-2-5-16(13-20)10-11-21(26)24-18-7-3-8-19(14-18)25-22(27)17-6-4-12-23-15-17/h2-9,12-15H,10-11H2,1H3,(H,24,26)(H,25,27). The van der Waals surface area contributed by atoms with Gasteiger partial charge < -0.3 is 15.4 Å². The van der Waals surface area contributed by atoms with Crippen LogP contribution in [0.2, 0.25) is 0 Å². The Hall–Kier alpha value is -3.67. The number of carbonyl (C=O) groups is 2. The minimum absolute atomic E-state index is 0.0986. The number of rotatable bonds is 7. The van der Waals surface area contributed by atoms with Crippen molar-refractivity contribution in [3.63, 3.8) is 0 Å². The van der Waals surface area contributed by atoms with E-state index in [1.807, 2.05) is 24.3 Å². The number of pyridine rings is 1. The molecule has 1 heterocycles. The third-order valence-electron chi connectivity index (χ3n) is 4.10. The first-order valence-corrected chi connectivity index (χ1v) is 8.88. The van der Waals surface area contributed by atoms with Crippen molar-refractivity contribution in [1.82, 2.24) is 4.98 Å². The summed E-state index contributed by atoms with van der Waals surface area (Å²) in [5.74, 6) is 0.420. The van der Waals surface area contributed by atoms with E-state index < -0.39 is 0 Å². The van der Waals surface area contributed by atoms with Crippen LogP contribution >= 0.6 is 0 Å². The van der Waals surface area contributed by atoms with Crippen molar-refractivity contribution in [2.45, 2.75) is 12.8 Å². The molecule has 0 saturated carbocycles. The Morgan fingerprint density at radius 3 is 2.50 bits per heavy atom. The normalized spacial score (nSPS) is 10.2. The van der Waals surface area contributed by atoms with Gasteiger partial charge in [0.05, 0.1) is 12.7 Å². The maximum absolute atomic E-state index is 12.3. The zero-order valence-electron chi connectivity index (χ0n) is 15.5. The second kappa shape index (κ2) is 9.32. The molecule has 0 bridgehead atoms. The van der Waals surface area contributed by atoms with Gasteiger partial charge in [-0.15, -0.1) is 0 Å². The van der Waals surface area contributed by atoms with Crippen molar-refractivity contribution in [2.75, 3.05) is 17.7 Å². The molecule has 0 spiro atoms. The van der Waals surface area contributed by atoms with Gasteiger partial charge in [0.25, 0.3) is 5.91 Å². The van der Waals surface area contributed by atoms with Gasteiger partial charge in [-0.1, -0.05) is 18.2 Å². The number of carbonyl (C=O) groups excluding carboxylic acids is 2. The fourth-order valence-electron chi connectivity index (χ4n) is 2.68. The molecule has 0 aliphatic carbocycles. The van der Waals surface area contributed by atoms with Gasteiger partial charge in [-0.25, -0.2) is 0 Å². The van der Waals surface area contributed by atoms with Crippen molar-refractivity contribution < 1.29 is 14.3 Å². The molecule has 0 aliphatic rings. The number of nitrogens with one attached hydrogen (secondary N) is 2. The van der Waals surface area contributed by atoms with Crippen LogP contribution in [0.1, 0.15) is 22.3 Å². The van der Waals surface area contributed by atoms with E-state index in [4.69, 9.17) is 4.74 Å². The van der Waals surface area contributed by atoms with E-state index in [1.165, 1.54) is 6.20 Å². The molecule has 2 N–H and O–H groups in total. The van der Waals surface area contributed by atoms with Crippen LogP contribution in [0.3, 0.4) is 0 Å². The van der Waals surface area contributed by atoms with Crippen LogP contribution in [0.5, 0.6) is 5.75 Å². The summed E-state index contributed by atoms with van der Waals surface area (Å²) < 4.78 is 5.20. The molecule has 6 nitrogen and oxygen atoms in total. The summed E-state index contributed by atoms with van der Waals surface area (Å²) in [6.07, 6.45) is 4.07. The molecule has 28 heavy (non-hydrogen) atoms. The molecular weight excluding hydrogens is 354 g/mol. The first-order chi connectivity index (χ1) is 13.6. The highest BCUT2D eigenvalue weighted by atomic mass is 16.5. The lowest BCUT2D eigenvalue weighted by atomic mass is 10.1. The van der Waals surface area contributed by atoms with E-state index in [1.54, 1.807) is 49.7 Å². The summed E-state index contributed by atoms with van der Waals surface area (Å²) in [6, 6.07) is 18.1. The van der Waals surface area contributed by atoms with E-state index in [-0.39, 0.29) is 11.8 Å². The topological polar surface area (TPSA) is 80.3 Å². The summed E-state index contributed by atoms with van der Waals surface area (Å²) in [5.41, 5.74) is 2.72. The first-order valence-electron chi connectivity index (χ1n) is 8.88. The number of hydrogen-bond donors (Lipinski definition) is 2. The Morgan fingerprint density at radius 1 is 0.964 bits per heavy atom. The Bertz CT molecular complexity index is 958. The zero-order chi connectivity index (χ0) is 19.8. The van der Waals surface area contributed by atoms with Gasteiger partial charge in [0.1, 0.15) is 5.75 Å². The molecule has 3 aromatic rings. The molecule has 2 aromatic carbocycles. The molecule has 0 saturated heterocycles. The third kappa shape index (κ3) is 5.41. The lowest BCUT2D eigenvalue weighted by Gasteiger charge is -2.09. The van der Waals surface area contributed by atoms with Crippen molar-refractivity contribution in [3.05, 3.63) is 84.2 Å². The average molecular weight is 375 g/mol. The Labute approximate surface area is 163 Å². The summed E-state index contributed by atoms with van der Waals surface area (Å²) in [6.45, 7) is 0. The van der Waals surface area contributed by atoms with Crippen molar-refractivity contribution in [3.8, 4) is 5.75 Å². The van der Waals surface area contributed by atoms with Crippen molar-refractivity contribution >= 4 is 23.2 Å². The van der Waals surface area contributed by atoms with Gasteiger partial charge in [0.15, 0.2) is 0 Å². The first kappa shape index (κ1) is 19.1. The van der Waals surface area contributed by atoms with Crippen molar-refractivity contribution in [2.24, 2.45) is 0 Å². The fraction of sp³-hybridized carbons (Fsp3) is 0.136. The minimum atomic E-state index is -0.255. The van der Waals surface area contributed by atoms with Gasteiger partial charge in [-0.05, 0) is 54.4 Å². The maximum Gasteiger partial charge on any atom is 0.257 e.